The number of hydrogen-bond donors (Lipinski definition) is 0. The number of carbonyl (C=O) groups is 3. The molecule has 2 fully saturated rings. The third kappa shape index (κ3) is 2.45. The van der Waals surface area contributed by atoms with Crippen LogP contribution in [0.3, 0.4) is 0 Å². The Morgan fingerprint density at radius 2 is 1.90 bits per heavy atom. The van der Waals surface area contributed by atoms with Crippen LogP contribution in [0, 0.1) is 5.92 Å². The van der Waals surface area contributed by atoms with Gasteiger partial charge >= 0.3 is 0 Å². The molecule has 2 saturated heterocycles. The number of carbonyl (C=O) groups excluding carboxylic acids is 3. The molecule has 1 aromatic heterocycles. The summed E-state index contributed by atoms with van der Waals surface area (Å²) in [6.07, 6.45) is 0.643. The molecule has 0 aliphatic carbocycles. The van der Waals surface area contributed by atoms with Gasteiger partial charge in [-0.1, -0.05) is 11.6 Å². The van der Waals surface area contributed by atoms with Crippen molar-refractivity contribution >= 4 is 40.7 Å². The Balaban J connectivity index is 1.53. The van der Waals surface area contributed by atoms with E-state index in [0.29, 0.717) is 41.7 Å². The number of imide groups is 1. The van der Waals surface area contributed by atoms with Gasteiger partial charge < -0.3 is 4.90 Å². The molecule has 1 aromatic rings. The topological polar surface area (TPSA) is 57.7 Å². The molecule has 0 radical (unpaired) electrons. The highest BCUT2D eigenvalue weighted by molar-refractivity contribution is 7.17. The monoisotopic (exact) mass is 312 g/mol. The zero-order chi connectivity index (χ0) is 14.3. The molecular formula is C13H13ClN2O3S. The number of nitrogens with zero attached hydrogens (tertiary/aromatic N) is 2. The maximum Gasteiger partial charge on any atom is 0.263 e. The van der Waals surface area contributed by atoms with Crippen LogP contribution in [-0.4, -0.2) is 47.2 Å². The number of likely N-dealkylation sites (tertiary alicyclic amines) is 2. The Morgan fingerprint density at radius 3 is 2.45 bits per heavy atom. The second kappa shape index (κ2) is 5.18. The van der Waals surface area contributed by atoms with E-state index in [1.54, 1.807) is 17.0 Å². The highest BCUT2D eigenvalue weighted by Gasteiger charge is 2.37. The summed E-state index contributed by atoms with van der Waals surface area (Å²) in [5.74, 6) is -0.0211. The minimum absolute atomic E-state index is 0.0303. The first-order valence-electron chi connectivity index (χ1n) is 6.42. The molecule has 20 heavy (non-hydrogen) atoms. The predicted molar refractivity (Wildman–Crippen MR) is 74.7 cm³/mol. The summed E-state index contributed by atoms with van der Waals surface area (Å²) in [5, 5.41) is 0. The van der Waals surface area contributed by atoms with Crippen LogP contribution in [0.4, 0.5) is 0 Å². The normalized spacial score (nSPS) is 19.6. The van der Waals surface area contributed by atoms with Gasteiger partial charge in [0.2, 0.25) is 11.8 Å². The molecule has 0 atom stereocenters. The Kier molecular flexibility index (Phi) is 3.52. The summed E-state index contributed by atoms with van der Waals surface area (Å²) in [4.78, 5) is 38.8. The smallest absolute Gasteiger partial charge is 0.263 e. The second-order valence-corrected chi connectivity index (χ2v) is 6.79. The van der Waals surface area contributed by atoms with E-state index >= 15 is 0 Å². The van der Waals surface area contributed by atoms with Crippen LogP contribution in [0.1, 0.15) is 22.5 Å². The van der Waals surface area contributed by atoms with Gasteiger partial charge in [0.25, 0.3) is 5.91 Å². The van der Waals surface area contributed by atoms with Gasteiger partial charge in [0.15, 0.2) is 0 Å². The lowest BCUT2D eigenvalue weighted by molar-refractivity contribution is -0.139. The Hall–Kier alpha value is -1.40. The third-order valence-corrected chi connectivity index (χ3v) is 4.84. The van der Waals surface area contributed by atoms with E-state index in [0.717, 1.165) is 0 Å². The maximum absolute atomic E-state index is 12.1. The summed E-state index contributed by atoms with van der Waals surface area (Å²) in [6.45, 7) is 1.61. The lowest BCUT2D eigenvalue weighted by atomic mass is 9.99. The van der Waals surface area contributed by atoms with E-state index in [2.05, 4.69) is 0 Å². The van der Waals surface area contributed by atoms with Crippen LogP contribution < -0.4 is 0 Å². The molecule has 0 unspecified atom stereocenters. The summed E-state index contributed by atoms with van der Waals surface area (Å²) < 4.78 is 0.596. The zero-order valence-electron chi connectivity index (χ0n) is 10.7. The van der Waals surface area contributed by atoms with Gasteiger partial charge in [-0.15, -0.1) is 11.3 Å². The molecule has 3 amide bonds. The highest BCUT2D eigenvalue weighted by Crippen LogP contribution is 2.27. The summed E-state index contributed by atoms with van der Waals surface area (Å²) >= 11 is 7.07. The average molecular weight is 313 g/mol. The van der Waals surface area contributed by atoms with Gasteiger partial charge in [0.05, 0.1) is 9.21 Å². The van der Waals surface area contributed by atoms with E-state index < -0.39 is 0 Å². The average Bonchev–Trinajstić information content (AvgIpc) is 2.92. The van der Waals surface area contributed by atoms with Gasteiger partial charge in [-0.2, -0.15) is 0 Å². The fourth-order valence-corrected chi connectivity index (χ4v) is 3.53. The molecule has 0 aromatic carbocycles. The maximum atomic E-state index is 12.1. The van der Waals surface area contributed by atoms with Crippen LogP contribution in [0.25, 0.3) is 0 Å². The molecular weight excluding hydrogens is 300 g/mol. The Morgan fingerprint density at radius 1 is 1.25 bits per heavy atom. The lowest BCUT2D eigenvalue weighted by Gasteiger charge is -2.40. The molecule has 106 valence electrons. The van der Waals surface area contributed by atoms with Crippen molar-refractivity contribution in [3.63, 3.8) is 0 Å². The second-order valence-electron chi connectivity index (χ2n) is 5.08. The van der Waals surface area contributed by atoms with Crippen LogP contribution in [0.15, 0.2) is 12.1 Å². The standard InChI is InChI=1S/C13H13ClN2O3S/c14-10-2-1-9(20-10)13(19)15-5-8(6-15)7-16-11(17)3-4-12(16)18/h1-2,8H,3-7H2. The molecule has 5 nitrogen and oxygen atoms in total. The Labute approximate surface area is 125 Å². The van der Waals surface area contributed by atoms with Crippen molar-refractivity contribution in [3.05, 3.63) is 21.3 Å². The van der Waals surface area contributed by atoms with E-state index in [1.807, 2.05) is 0 Å². The number of thiophene rings is 1. The molecule has 7 heteroatoms. The van der Waals surface area contributed by atoms with Crippen molar-refractivity contribution in [1.82, 2.24) is 9.80 Å². The van der Waals surface area contributed by atoms with Crippen molar-refractivity contribution in [2.45, 2.75) is 12.8 Å². The molecule has 0 spiro atoms. The van der Waals surface area contributed by atoms with E-state index in [-0.39, 0.29) is 23.6 Å². The van der Waals surface area contributed by atoms with Crippen molar-refractivity contribution in [2.75, 3.05) is 19.6 Å². The Bertz CT molecular complexity index is 564. The quantitative estimate of drug-likeness (QED) is 0.797. The molecule has 0 bridgehead atoms. The van der Waals surface area contributed by atoms with Crippen LogP contribution in [-0.2, 0) is 9.59 Å². The van der Waals surface area contributed by atoms with Crippen LogP contribution in [0.5, 0.6) is 0 Å². The van der Waals surface area contributed by atoms with E-state index in [4.69, 9.17) is 11.6 Å². The molecule has 3 rings (SSSR count). The van der Waals surface area contributed by atoms with Gasteiger partial charge in [-0.3, -0.25) is 19.3 Å². The summed E-state index contributed by atoms with van der Waals surface area (Å²) in [6, 6.07) is 3.43. The zero-order valence-corrected chi connectivity index (χ0v) is 12.2. The first kappa shape index (κ1) is 13.6. The number of amides is 3. The van der Waals surface area contributed by atoms with Crippen LogP contribution >= 0.6 is 22.9 Å². The van der Waals surface area contributed by atoms with E-state index in [1.165, 1.54) is 16.2 Å². The van der Waals surface area contributed by atoms with Crippen molar-refractivity contribution in [2.24, 2.45) is 5.92 Å². The van der Waals surface area contributed by atoms with Gasteiger partial charge in [-0.25, -0.2) is 0 Å². The van der Waals surface area contributed by atoms with Gasteiger partial charge in [0, 0.05) is 38.4 Å². The molecule has 2 aliphatic heterocycles. The summed E-state index contributed by atoms with van der Waals surface area (Å²) in [5.41, 5.74) is 0. The SMILES string of the molecule is O=C(c1ccc(Cl)s1)N1CC(CN2C(=O)CCC2=O)C1. The highest BCUT2D eigenvalue weighted by atomic mass is 35.5. The lowest BCUT2D eigenvalue weighted by Crippen LogP contribution is -2.54. The molecule has 3 heterocycles. The van der Waals surface area contributed by atoms with Crippen LogP contribution in [0.2, 0.25) is 4.34 Å². The number of halogens is 1. The van der Waals surface area contributed by atoms with Crippen molar-refractivity contribution in [3.8, 4) is 0 Å². The first-order chi connectivity index (χ1) is 9.54. The van der Waals surface area contributed by atoms with Crippen molar-refractivity contribution in [1.29, 1.82) is 0 Å². The minimum Gasteiger partial charge on any atom is -0.337 e. The van der Waals surface area contributed by atoms with Gasteiger partial charge in [-0.05, 0) is 12.1 Å². The fraction of sp³-hybridized carbons (Fsp3) is 0.462. The van der Waals surface area contributed by atoms with E-state index in [9.17, 15) is 14.4 Å². The first-order valence-corrected chi connectivity index (χ1v) is 7.62. The minimum atomic E-state index is -0.0928. The molecule has 0 N–H and O–H groups in total. The third-order valence-electron chi connectivity index (χ3n) is 3.62. The number of hydrogen-bond acceptors (Lipinski definition) is 4. The van der Waals surface area contributed by atoms with Crippen molar-refractivity contribution < 1.29 is 14.4 Å². The summed E-state index contributed by atoms with van der Waals surface area (Å²) in [7, 11) is 0. The molecule has 0 saturated carbocycles. The van der Waals surface area contributed by atoms with Gasteiger partial charge in [0.1, 0.15) is 0 Å². The molecule has 2 aliphatic rings. The fourth-order valence-electron chi connectivity index (χ4n) is 2.52. The largest absolute Gasteiger partial charge is 0.337 e. The number of rotatable bonds is 3. The predicted octanol–water partition coefficient (Wildman–Crippen LogP) is 1.62.